The summed E-state index contributed by atoms with van der Waals surface area (Å²) in [6, 6.07) is 7.80. The third-order valence-electron chi connectivity index (χ3n) is 2.79. The summed E-state index contributed by atoms with van der Waals surface area (Å²) in [5, 5.41) is 2.87. The molecule has 21 heavy (non-hydrogen) atoms. The summed E-state index contributed by atoms with van der Waals surface area (Å²) < 4.78 is 5.60. The van der Waals surface area contributed by atoms with Gasteiger partial charge in [-0.25, -0.2) is 0 Å². The first-order valence-electron chi connectivity index (χ1n) is 7.21. The molecule has 1 aromatic carbocycles. The molecule has 0 bridgehead atoms. The zero-order chi connectivity index (χ0) is 15.0. The molecule has 0 heterocycles. The molecule has 0 aliphatic carbocycles. The van der Waals surface area contributed by atoms with Crippen LogP contribution in [0, 0.1) is 5.92 Å². The molecule has 1 aromatic rings. The van der Waals surface area contributed by atoms with E-state index in [-0.39, 0.29) is 24.4 Å². The molecule has 0 aromatic heterocycles. The van der Waals surface area contributed by atoms with E-state index in [9.17, 15) is 4.79 Å². The summed E-state index contributed by atoms with van der Waals surface area (Å²) in [5.41, 5.74) is 6.62. The Labute approximate surface area is 133 Å². The van der Waals surface area contributed by atoms with Gasteiger partial charge in [-0.3, -0.25) is 4.79 Å². The van der Waals surface area contributed by atoms with Crippen LogP contribution in [0.15, 0.2) is 24.3 Å². The van der Waals surface area contributed by atoms with Crippen LogP contribution in [-0.2, 0) is 11.2 Å². The number of ether oxygens (including phenoxy) is 1. The number of halogens is 1. The Balaban J connectivity index is 0.00000400. The molecule has 120 valence electrons. The molecule has 1 atom stereocenters. The van der Waals surface area contributed by atoms with E-state index in [0.29, 0.717) is 25.5 Å². The Morgan fingerprint density at radius 1 is 1.24 bits per heavy atom. The maximum atomic E-state index is 11.7. The third-order valence-corrected chi connectivity index (χ3v) is 2.79. The molecule has 0 aliphatic heterocycles. The largest absolute Gasteiger partial charge is 0.493 e. The lowest BCUT2D eigenvalue weighted by molar-refractivity contribution is -0.120. The number of nitrogens with one attached hydrogen (secondary N) is 1. The molecule has 1 unspecified atom stereocenters. The van der Waals surface area contributed by atoms with E-state index >= 15 is 0 Å². The monoisotopic (exact) mass is 314 g/mol. The Hall–Kier alpha value is -1.26. The van der Waals surface area contributed by atoms with Crippen molar-refractivity contribution in [3.8, 4) is 5.75 Å². The summed E-state index contributed by atoms with van der Waals surface area (Å²) in [5.74, 6) is 1.38. The second kappa shape index (κ2) is 10.5. The van der Waals surface area contributed by atoms with Crippen molar-refractivity contribution < 1.29 is 9.53 Å². The van der Waals surface area contributed by atoms with E-state index in [1.54, 1.807) is 0 Å². The normalized spacial score (nSPS) is 11.7. The molecule has 4 nitrogen and oxygen atoms in total. The highest BCUT2D eigenvalue weighted by atomic mass is 35.5. The van der Waals surface area contributed by atoms with Crippen LogP contribution in [-0.4, -0.2) is 25.1 Å². The average Bonchev–Trinajstić information content (AvgIpc) is 2.37. The van der Waals surface area contributed by atoms with Gasteiger partial charge in [0.2, 0.25) is 5.91 Å². The van der Waals surface area contributed by atoms with E-state index in [4.69, 9.17) is 10.5 Å². The molecule has 0 saturated carbocycles. The molecule has 3 N–H and O–H groups in total. The van der Waals surface area contributed by atoms with E-state index in [2.05, 4.69) is 19.2 Å². The second-order valence-electron chi connectivity index (χ2n) is 5.64. The van der Waals surface area contributed by atoms with Crippen molar-refractivity contribution >= 4 is 18.3 Å². The fourth-order valence-electron chi connectivity index (χ4n) is 1.65. The average molecular weight is 315 g/mol. The van der Waals surface area contributed by atoms with Crippen LogP contribution < -0.4 is 15.8 Å². The predicted molar refractivity (Wildman–Crippen MR) is 89.0 cm³/mol. The summed E-state index contributed by atoms with van der Waals surface area (Å²) in [4.78, 5) is 11.7. The van der Waals surface area contributed by atoms with Crippen molar-refractivity contribution in [2.45, 2.75) is 39.7 Å². The fourth-order valence-corrected chi connectivity index (χ4v) is 1.65. The van der Waals surface area contributed by atoms with E-state index in [0.717, 1.165) is 17.7 Å². The van der Waals surface area contributed by atoms with Gasteiger partial charge in [-0.15, -0.1) is 12.4 Å². The lowest BCUT2D eigenvalue weighted by atomic mass is 10.1. The van der Waals surface area contributed by atoms with Crippen LogP contribution in [0.3, 0.4) is 0 Å². The van der Waals surface area contributed by atoms with Gasteiger partial charge < -0.3 is 15.8 Å². The summed E-state index contributed by atoms with van der Waals surface area (Å²) in [7, 11) is 0. The van der Waals surface area contributed by atoms with E-state index in [1.807, 2.05) is 31.2 Å². The van der Waals surface area contributed by atoms with Crippen molar-refractivity contribution in [3.05, 3.63) is 29.8 Å². The Morgan fingerprint density at radius 2 is 1.86 bits per heavy atom. The van der Waals surface area contributed by atoms with Gasteiger partial charge in [0.1, 0.15) is 5.75 Å². The van der Waals surface area contributed by atoms with Crippen LogP contribution >= 0.6 is 12.4 Å². The number of hydrogen-bond donors (Lipinski definition) is 2. The zero-order valence-corrected chi connectivity index (χ0v) is 13.9. The number of carbonyl (C=O) groups is 1. The highest BCUT2D eigenvalue weighted by Crippen LogP contribution is 2.13. The standard InChI is InChI=1S/C16H26N2O2.ClH/c1-12(2)11-20-15-6-4-14(5-7-15)10-16(19)18-9-8-13(3)17;/h4-7,12-13H,8-11,17H2,1-3H3,(H,18,19);1H. The van der Waals surface area contributed by atoms with Crippen molar-refractivity contribution in [2.75, 3.05) is 13.2 Å². The van der Waals surface area contributed by atoms with Crippen LogP contribution in [0.4, 0.5) is 0 Å². The maximum Gasteiger partial charge on any atom is 0.224 e. The van der Waals surface area contributed by atoms with Gasteiger partial charge in [0.05, 0.1) is 13.0 Å². The molecule has 0 fully saturated rings. The molecule has 5 heteroatoms. The van der Waals surface area contributed by atoms with Gasteiger partial charge in [0.15, 0.2) is 0 Å². The Bertz CT molecular complexity index is 405. The highest BCUT2D eigenvalue weighted by molar-refractivity contribution is 5.85. The number of carbonyl (C=O) groups excluding carboxylic acids is 1. The van der Waals surface area contributed by atoms with Crippen LogP contribution in [0.5, 0.6) is 5.75 Å². The van der Waals surface area contributed by atoms with E-state index < -0.39 is 0 Å². The van der Waals surface area contributed by atoms with Crippen molar-refractivity contribution in [3.63, 3.8) is 0 Å². The lowest BCUT2D eigenvalue weighted by Gasteiger charge is -2.10. The molecule has 1 amide bonds. The van der Waals surface area contributed by atoms with Crippen molar-refractivity contribution in [1.82, 2.24) is 5.32 Å². The smallest absolute Gasteiger partial charge is 0.224 e. The van der Waals surface area contributed by atoms with Gasteiger partial charge in [-0.05, 0) is 37.0 Å². The van der Waals surface area contributed by atoms with E-state index in [1.165, 1.54) is 0 Å². The molecular weight excluding hydrogens is 288 g/mol. The summed E-state index contributed by atoms with van der Waals surface area (Å²) >= 11 is 0. The summed E-state index contributed by atoms with van der Waals surface area (Å²) in [6.07, 6.45) is 1.19. The first-order valence-corrected chi connectivity index (χ1v) is 7.21. The molecule has 0 spiro atoms. The minimum absolute atomic E-state index is 0. The molecule has 1 rings (SSSR count). The van der Waals surface area contributed by atoms with Gasteiger partial charge in [0, 0.05) is 12.6 Å². The van der Waals surface area contributed by atoms with Gasteiger partial charge >= 0.3 is 0 Å². The first kappa shape index (κ1) is 19.7. The molecule has 0 radical (unpaired) electrons. The zero-order valence-electron chi connectivity index (χ0n) is 13.1. The molecule has 0 aliphatic rings. The minimum Gasteiger partial charge on any atom is -0.493 e. The quantitative estimate of drug-likeness (QED) is 0.775. The van der Waals surface area contributed by atoms with Crippen LogP contribution in [0.1, 0.15) is 32.8 Å². The SMILES string of the molecule is CC(C)COc1ccc(CC(=O)NCCC(C)N)cc1.Cl. The fraction of sp³-hybridized carbons (Fsp3) is 0.562. The van der Waals surface area contributed by atoms with Gasteiger partial charge in [0.25, 0.3) is 0 Å². The number of rotatable bonds is 8. The Morgan fingerprint density at radius 3 is 2.38 bits per heavy atom. The predicted octanol–water partition coefficient (Wildman–Crippen LogP) is 2.54. The minimum atomic E-state index is 0. The maximum absolute atomic E-state index is 11.7. The number of amides is 1. The Kier molecular flexibility index (Phi) is 9.84. The highest BCUT2D eigenvalue weighted by Gasteiger charge is 2.04. The first-order chi connectivity index (χ1) is 9.47. The summed E-state index contributed by atoms with van der Waals surface area (Å²) in [6.45, 7) is 7.49. The number of hydrogen-bond acceptors (Lipinski definition) is 3. The van der Waals surface area contributed by atoms with Crippen LogP contribution in [0.2, 0.25) is 0 Å². The van der Waals surface area contributed by atoms with Gasteiger partial charge in [-0.1, -0.05) is 26.0 Å². The molecular formula is C16H27ClN2O2. The second-order valence-corrected chi connectivity index (χ2v) is 5.64. The molecule has 0 saturated heterocycles. The number of nitrogens with two attached hydrogens (primary N) is 1. The van der Waals surface area contributed by atoms with Crippen molar-refractivity contribution in [2.24, 2.45) is 11.7 Å². The van der Waals surface area contributed by atoms with Crippen LogP contribution in [0.25, 0.3) is 0 Å². The number of benzene rings is 1. The van der Waals surface area contributed by atoms with Crippen molar-refractivity contribution in [1.29, 1.82) is 0 Å². The van der Waals surface area contributed by atoms with Gasteiger partial charge in [-0.2, -0.15) is 0 Å². The topological polar surface area (TPSA) is 64.3 Å². The lowest BCUT2D eigenvalue weighted by Crippen LogP contribution is -2.29. The third kappa shape index (κ3) is 9.32.